The standard InChI is InChI=1S/C19H19F4N/c20-18(9-10-18)16-6-4-15(5-7-16)13-24-11-8-14-2-1-3-17(12-14)19(21,22)23/h1-7,12,24H,8-11,13H2. The van der Waals surface area contributed by atoms with Crippen LogP contribution in [-0.2, 0) is 24.8 Å². The third kappa shape index (κ3) is 4.15. The highest BCUT2D eigenvalue weighted by atomic mass is 19.4. The van der Waals surface area contributed by atoms with Crippen LogP contribution in [0.15, 0.2) is 48.5 Å². The van der Waals surface area contributed by atoms with E-state index in [1.54, 1.807) is 6.07 Å². The minimum Gasteiger partial charge on any atom is -0.312 e. The second-order valence-corrected chi connectivity index (χ2v) is 6.29. The zero-order chi connectivity index (χ0) is 17.2. The molecule has 2 aromatic carbocycles. The maximum atomic E-state index is 13.9. The largest absolute Gasteiger partial charge is 0.416 e. The fraction of sp³-hybridized carbons (Fsp3) is 0.368. The highest BCUT2D eigenvalue weighted by Gasteiger charge is 2.44. The van der Waals surface area contributed by atoms with Gasteiger partial charge in [-0.1, -0.05) is 42.5 Å². The molecule has 0 spiro atoms. The van der Waals surface area contributed by atoms with Crippen molar-refractivity contribution in [3.63, 3.8) is 0 Å². The molecule has 128 valence electrons. The highest BCUT2D eigenvalue weighted by molar-refractivity contribution is 5.31. The van der Waals surface area contributed by atoms with Gasteiger partial charge in [0.15, 0.2) is 0 Å². The first kappa shape index (κ1) is 17.0. The van der Waals surface area contributed by atoms with E-state index in [9.17, 15) is 17.6 Å². The molecule has 1 saturated carbocycles. The van der Waals surface area contributed by atoms with Crippen molar-refractivity contribution in [1.82, 2.24) is 5.32 Å². The Morgan fingerprint density at radius 2 is 1.67 bits per heavy atom. The SMILES string of the molecule is FC(F)(F)c1cccc(CCNCc2ccc(C3(F)CC3)cc2)c1. The lowest BCUT2D eigenvalue weighted by molar-refractivity contribution is -0.137. The Morgan fingerprint density at radius 1 is 0.958 bits per heavy atom. The van der Waals surface area contributed by atoms with E-state index in [-0.39, 0.29) is 0 Å². The number of hydrogen-bond donors (Lipinski definition) is 1. The van der Waals surface area contributed by atoms with Gasteiger partial charge in [0.25, 0.3) is 0 Å². The predicted octanol–water partition coefficient (Wildman–Crippen LogP) is 5.00. The summed E-state index contributed by atoms with van der Waals surface area (Å²) in [5, 5.41) is 3.21. The van der Waals surface area contributed by atoms with Gasteiger partial charge in [0, 0.05) is 6.54 Å². The van der Waals surface area contributed by atoms with Crippen LogP contribution < -0.4 is 5.32 Å². The Hall–Kier alpha value is -1.88. The highest BCUT2D eigenvalue weighted by Crippen LogP contribution is 2.49. The predicted molar refractivity (Wildman–Crippen MR) is 85.3 cm³/mol. The number of halogens is 4. The van der Waals surface area contributed by atoms with Crippen LogP contribution in [-0.4, -0.2) is 6.54 Å². The molecule has 1 fully saturated rings. The Balaban J connectivity index is 1.47. The molecule has 3 rings (SSSR count). The summed E-state index contributed by atoms with van der Waals surface area (Å²) < 4.78 is 51.8. The summed E-state index contributed by atoms with van der Waals surface area (Å²) in [5.74, 6) is 0. The summed E-state index contributed by atoms with van der Waals surface area (Å²) in [6.07, 6.45) is -2.58. The molecule has 1 aliphatic carbocycles. The normalized spacial score (nSPS) is 16.2. The molecule has 0 saturated heterocycles. The van der Waals surface area contributed by atoms with Gasteiger partial charge in [-0.2, -0.15) is 13.2 Å². The average Bonchev–Trinajstić information content (AvgIpc) is 3.31. The molecule has 24 heavy (non-hydrogen) atoms. The van der Waals surface area contributed by atoms with Gasteiger partial charge in [0.05, 0.1) is 5.56 Å². The molecule has 1 aliphatic rings. The molecule has 0 radical (unpaired) electrons. The van der Waals surface area contributed by atoms with E-state index in [2.05, 4.69) is 5.32 Å². The monoisotopic (exact) mass is 337 g/mol. The lowest BCUT2D eigenvalue weighted by atomic mass is 10.1. The van der Waals surface area contributed by atoms with Gasteiger partial charge >= 0.3 is 6.18 Å². The Morgan fingerprint density at radius 3 is 2.29 bits per heavy atom. The molecule has 0 unspecified atom stereocenters. The van der Waals surface area contributed by atoms with E-state index in [1.807, 2.05) is 24.3 Å². The second kappa shape index (κ2) is 6.55. The molecule has 0 amide bonds. The lowest BCUT2D eigenvalue weighted by Gasteiger charge is -2.10. The van der Waals surface area contributed by atoms with Crippen molar-refractivity contribution in [2.24, 2.45) is 0 Å². The van der Waals surface area contributed by atoms with Crippen molar-refractivity contribution in [2.45, 2.75) is 37.7 Å². The van der Waals surface area contributed by atoms with Crippen LogP contribution in [0.25, 0.3) is 0 Å². The minimum atomic E-state index is -4.31. The summed E-state index contributed by atoms with van der Waals surface area (Å²) in [5.41, 5.74) is 0.689. The maximum Gasteiger partial charge on any atom is 0.416 e. The molecule has 0 heterocycles. The lowest BCUT2D eigenvalue weighted by Crippen LogP contribution is -2.17. The molecule has 1 N–H and O–H groups in total. The summed E-state index contributed by atoms with van der Waals surface area (Å²) in [6, 6.07) is 12.8. The van der Waals surface area contributed by atoms with Crippen molar-refractivity contribution in [2.75, 3.05) is 6.54 Å². The van der Waals surface area contributed by atoms with E-state index >= 15 is 0 Å². The van der Waals surface area contributed by atoms with E-state index < -0.39 is 17.4 Å². The van der Waals surface area contributed by atoms with Gasteiger partial charge in [0.2, 0.25) is 0 Å². The molecule has 1 nitrogen and oxygen atoms in total. The van der Waals surface area contributed by atoms with Gasteiger partial charge < -0.3 is 5.32 Å². The van der Waals surface area contributed by atoms with Crippen molar-refractivity contribution in [3.05, 3.63) is 70.8 Å². The number of benzene rings is 2. The first-order chi connectivity index (χ1) is 11.4. The Labute approximate surface area is 138 Å². The van der Waals surface area contributed by atoms with Crippen LogP contribution in [0.1, 0.15) is 35.1 Å². The van der Waals surface area contributed by atoms with Gasteiger partial charge in [0.1, 0.15) is 5.67 Å². The number of hydrogen-bond acceptors (Lipinski definition) is 1. The molecule has 0 bridgehead atoms. The maximum absolute atomic E-state index is 13.9. The smallest absolute Gasteiger partial charge is 0.312 e. The fourth-order valence-corrected chi connectivity index (χ4v) is 2.69. The second-order valence-electron chi connectivity index (χ2n) is 6.29. The average molecular weight is 337 g/mol. The van der Waals surface area contributed by atoms with Crippen LogP contribution in [0.5, 0.6) is 0 Å². The summed E-state index contributed by atoms with van der Waals surface area (Å²) >= 11 is 0. The van der Waals surface area contributed by atoms with Gasteiger partial charge in [-0.25, -0.2) is 4.39 Å². The Kier molecular flexibility index (Phi) is 4.63. The van der Waals surface area contributed by atoms with Crippen LogP contribution in [0.2, 0.25) is 0 Å². The van der Waals surface area contributed by atoms with Crippen molar-refractivity contribution >= 4 is 0 Å². The molecule has 0 aromatic heterocycles. The van der Waals surface area contributed by atoms with Crippen LogP contribution in [0.4, 0.5) is 17.6 Å². The molecular formula is C19H19F4N. The first-order valence-corrected chi connectivity index (χ1v) is 8.02. The molecule has 0 aliphatic heterocycles. The number of nitrogens with one attached hydrogen (secondary N) is 1. The summed E-state index contributed by atoms with van der Waals surface area (Å²) in [7, 11) is 0. The van der Waals surface area contributed by atoms with E-state index in [1.165, 1.54) is 12.1 Å². The Bertz CT molecular complexity index is 687. The van der Waals surface area contributed by atoms with Crippen molar-refractivity contribution in [1.29, 1.82) is 0 Å². The summed E-state index contributed by atoms with van der Waals surface area (Å²) in [4.78, 5) is 0. The van der Waals surface area contributed by atoms with Gasteiger partial charge in [-0.3, -0.25) is 0 Å². The third-order valence-electron chi connectivity index (χ3n) is 4.33. The van der Waals surface area contributed by atoms with E-state index in [4.69, 9.17) is 0 Å². The van der Waals surface area contributed by atoms with Crippen molar-refractivity contribution in [3.8, 4) is 0 Å². The number of alkyl halides is 4. The number of rotatable bonds is 6. The molecule has 0 atom stereocenters. The third-order valence-corrected chi connectivity index (χ3v) is 4.33. The van der Waals surface area contributed by atoms with Crippen LogP contribution >= 0.6 is 0 Å². The fourth-order valence-electron chi connectivity index (χ4n) is 2.69. The van der Waals surface area contributed by atoms with E-state index in [0.717, 1.165) is 17.2 Å². The minimum absolute atomic E-state index is 0.523. The zero-order valence-electron chi connectivity index (χ0n) is 13.2. The molecular weight excluding hydrogens is 318 g/mol. The van der Waals surface area contributed by atoms with Crippen LogP contribution in [0.3, 0.4) is 0 Å². The van der Waals surface area contributed by atoms with Crippen molar-refractivity contribution < 1.29 is 17.6 Å². The van der Waals surface area contributed by atoms with Gasteiger partial charge in [-0.05, 0) is 48.6 Å². The van der Waals surface area contributed by atoms with E-state index in [0.29, 0.717) is 37.9 Å². The zero-order valence-corrected chi connectivity index (χ0v) is 13.2. The molecule has 5 heteroatoms. The van der Waals surface area contributed by atoms with Crippen LogP contribution in [0, 0.1) is 0 Å². The summed E-state index contributed by atoms with van der Waals surface area (Å²) in [6.45, 7) is 1.19. The first-order valence-electron chi connectivity index (χ1n) is 8.02. The molecule has 2 aromatic rings. The quantitative estimate of drug-likeness (QED) is 0.578. The topological polar surface area (TPSA) is 12.0 Å². The van der Waals surface area contributed by atoms with Gasteiger partial charge in [-0.15, -0.1) is 0 Å².